The molecule has 0 aliphatic heterocycles. The Hall–Kier alpha value is -4.66. The lowest BCUT2D eigenvalue weighted by atomic mass is 10.2. The van der Waals surface area contributed by atoms with Crippen LogP contribution < -0.4 is 5.32 Å². The summed E-state index contributed by atoms with van der Waals surface area (Å²) in [6.07, 6.45) is 12.2. The highest BCUT2D eigenvalue weighted by molar-refractivity contribution is 5.77. The standard InChI is InChI=1S/2C11H12N2O.C10H14N2O.3C2H6.3CH4/c1-8(2)11-13-7-10(14-11)9-4-3-5-12-6-9;1-8(2)11-13-7-10(14-11)9-5-3-4-6-12-9;1-8(2)10(13)12-7-9-3-5-11-6-4-9;3*1-2;;;/h2*3-8H,1-2H3;3-6,8H,7H2,1-2H3,(H,12,13);3*1-2H3;3*1H4. The maximum atomic E-state index is 11.2. The molecule has 5 heterocycles. The SMILES string of the molecule is C.C.C.CC.CC.CC.CC(C)C(=O)NCc1ccncc1.CC(C)c1ncc(-c2ccccn2)o1.CC(C)c1ncc(-c2cccnc2)o1. The summed E-state index contributed by atoms with van der Waals surface area (Å²) in [4.78, 5) is 31.7. The summed E-state index contributed by atoms with van der Waals surface area (Å²) in [7, 11) is 0. The number of hydrogen-bond donors (Lipinski definition) is 1. The second-order valence-electron chi connectivity index (χ2n) is 10.1. The van der Waals surface area contributed by atoms with Crippen LogP contribution in [0, 0.1) is 5.92 Å². The van der Waals surface area contributed by atoms with Gasteiger partial charge in [-0.05, 0) is 42.0 Å². The zero-order chi connectivity index (χ0) is 35.6. The first-order chi connectivity index (χ1) is 22.7. The maximum Gasteiger partial charge on any atom is 0.222 e. The minimum absolute atomic E-state index is 0. The van der Waals surface area contributed by atoms with Crippen LogP contribution in [0.25, 0.3) is 22.8 Å². The van der Waals surface area contributed by atoms with E-state index in [1.807, 2.05) is 112 Å². The smallest absolute Gasteiger partial charge is 0.222 e. The van der Waals surface area contributed by atoms with Crippen molar-refractivity contribution in [3.8, 4) is 22.8 Å². The van der Waals surface area contributed by atoms with Crippen molar-refractivity contribution in [2.45, 2.75) is 124 Å². The highest BCUT2D eigenvalue weighted by Crippen LogP contribution is 2.23. The molecule has 1 amide bonds. The van der Waals surface area contributed by atoms with E-state index in [1.165, 1.54) is 0 Å². The van der Waals surface area contributed by atoms with Gasteiger partial charge in [-0.15, -0.1) is 0 Å². The molecular weight excluding hydrogens is 624 g/mol. The van der Waals surface area contributed by atoms with E-state index in [2.05, 4.69) is 44.1 Å². The van der Waals surface area contributed by atoms with Gasteiger partial charge in [-0.3, -0.25) is 19.7 Å². The van der Waals surface area contributed by atoms with E-state index in [-0.39, 0.29) is 34.1 Å². The minimum Gasteiger partial charge on any atom is -0.440 e. The van der Waals surface area contributed by atoms with Crippen LogP contribution in [-0.4, -0.2) is 30.8 Å². The number of hydrogen-bond acceptors (Lipinski definition) is 8. The van der Waals surface area contributed by atoms with Crippen molar-refractivity contribution in [2.24, 2.45) is 5.92 Å². The third-order valence-corrected chi connectivity index (χ3v) is 5.64. The molecule has 280 valence electrons. The van der Waals surface area contributed by atoms with Gasteiger partial charge in [0.05, 0.1) is 12.4 Å². The van der Waals surface area contributed by atoms with Crippen molar-refractivity contribution in [1.82, 2.24) is 30.2 Å². The topological polar surface area (TPSA) is 120 Å². The van der Waals surface area contributed by atoms with Crippen LogP contribution in [0.5, 0.6) is 0 Å². The summed E-state index contributed by atoms with van der Waals surface area (Å²) < 4.78 is 11.1. The number of rotatable bonds is 7. The molecule has 0 saturated heterocycles. The van der Waals surface area contributed by atoms with Gasteiger partial charge in [-0.2, -0.15) is 0 Å². The Morgan fingerprint density at radius 2 is 1.16 bits per heavy atom. The van der Waals surface area contributed by atoms with E-state index < -0.39 is 0 Å². The Morgan fingerprint density at radius 1 is 0.620 bits per heavy atom. The van der Waals surface area contributed by atoms with Crippen molar-refractivity contribution < 1.29 is 13.6 Å². The lowest BCUT2D eigenvalue weighted by Crippen LogP contribution is -2.27. The van der Waals surface area contributed by atoms with Gasteiger partial charge in [-0.1, -0.05) is 111 Å². The molecular formula is C41H68N6O3. The lowest BCUT2D eigenvalue weighted by molar-refractivity contribution is -0.124. The van der Waals surface area contributed by atoms with E-state index in [4.69, 9.17) is 8.83 Å². The lowest BCUT2D eigenvalue weighted by Gasteiger charge is -2.06. The van der Waals surface area contributed by atoms with Crippen LogP contribution in [0.3, 0.4) is 0 Å². The summed E-state index contributed by atoms with van der Waals surface area (Å²) in [5, 5.41) is 2.83. The second kappa shape index (κ2) is 31.6. The average molecular weight is 693 g/mol. The molecule has 0 unspecified atom stereocenters. The highest BCUT2D eigenvalue weighted by atomic mass is 16.4. The summed E-state index contributed by atoms with van der Waals surface area (Å²) >= 11 is 0. The fourth-order valence-electron chi connectivity index (χ4n) is 3.27. The zero-order valence-electron chi connectivity index (χ0n) is 30.5. The molecule has 5 aromatic rings. The first-order valence-electron chi connectivity index (χ1n) is 16.6. The molecule has 5 rings (SSSR count). The molecule has 9 heteroatoms. The van der Waals surface area contributed by atoms with E-state index in [9.17, 15) is 4.79 Å². The Morgan fingerprint density at radius 3 is 1.60 bits per heavy atom. The van der Waals surface area contributed by atoms with Crippen molar-refractivity contribution >= 4 is 5.91 Å². The fourth-order valence-corrected chi connectivity index (χ4v) is 3.27. The number of carbonyl (C=O) groups excluding carboxylic acids is 1. The number of pyridine rings is 3. The molecule has 50 heavy (non-hydrogen) atoms. The van der Waals surface area contributed by atoms with Gasteiger partial charge >= 0.3 is 0 Å². The number of carbonyl (C=O) groups is 1. The van der Waals surface area contributed by atoms with Gasteiger partial charge in [-0.25, -0.2) is 9.97 Å². The highest BCUT2D eigenvalue weighted by Gasteiger charge is 2.10. The van der Waals surface area contributed by atoms with Gasteiger partial charge in [0.15, 0.2) is 23.3 Å². The maximum absolute atomic E-state index is 11.2. The zero-order valence-corrected chi connectivity index (χ0v) is 30.5. The van der Waals surface area contributed by atoms with Gasteiger partial charge in [0.2, 0.25) is 5.91 Å². The molecule has 5 aromatic heterocycles. The van der Waals surface area contributed by atoms with Crippen LogP contribution in [-0.2, 0) is 11.3 Å². The normalized spacial score (nSPS) is 9.02. The molecule has 9 nitrogen and oxygen atoms in total. The third kappa shape index (κ3) is 20.0. The Bertz CT molecular complexity index is 1350. The van der Waals surface area contributed by atoms with Crippen LogP contribution in [0.2, 0.25) is 0 Å². The molecule has 0 radical (unpaired) electrons. The van der Waals surface area contributed by atoms with Gasteiger partial charge in [0.25, 0.3) is 0 Å². The van der Waals surface area contributed by atoms with E-state index >= 15 is 0 Å². The first-order valence-corrected chi connectivity index (χ1v) is 16.6. The molecule has 1 N–H and O–H groups in total. The Labute approximate surface area is 304 Å². The number of aromatic nitrogens is 5. The molecule has 0 aliphatic rings. The van der Waals surface area contributed by atoms with Crippen molar-refractivity contribution in [3.05, 3.63) is 103 Å². The van der Waals surface area contributed by atoms with Crippen molar-refractivity contribution in [2.75, 3.05) is 0 Å². The molecule has 0 atom stereocenters. The predicted octanol–water partition coefficient (Wildman–Crippen LogP) is 12.1. The molecule has 0 aromatic carbocycles. The number of nitrogens with zero attached hydrogens (tertiary/aromatic N) is 5. The van der Waals surface area contributed by atoms with Crippen LogP contribution >= 0.6 is 0 Å². The third-order valence-electron chi connectivity index (χ3n) is 5.64. The van der Waals surface area contributed by atoms with Crippen molar-refractivity contribution in [3.63, 3.8) is 0 Å². The average Bonchev–Trinajstić information content (AvgIpc) is 3.84. The minimum atomic E-state index is 0. The summed E-state index contributed by atoms with van der Waals surface area (Å²) in [6, 6.07) is 13.3. The van der Waals surface area contributed by atoms with Gasteiger partial charge in [0.1, 0.15) is 5.69 Å². The van der Waals surface area contributed by atoms with E-state index in [1.54, 1.807) is 43.4 Å². The van der Waals surface area contributed by atoms with Crippen LogP contribution in [0.15, 0.2) is 94.7 Å². The molecule has 0 saturated carbocycles. The Kier molecular flexibility index (Phi) is 33.0. The first kappa shape index (κ1) is 52.2. The predicted molar refractivity (Wildman–Crippen MR) is 213 cm³/mol. The molecule has 0 aliphatic carbocycles. The number of nitrogens with one attached hydrogen (secondary N) is 1. The van der Waals surface area contributed by atoms with Crippen LogP contribution in [0.1, 0.15) is 135 Å². The van der Waals surface area contributed by atoms with Gasteiger partial charge < -0.3 is 14.2 Å². The quantitative estimate of drug-likeness (QED) is 0.179. The molecule has 0 bridgehead atoms. The van der Waals surface area contributed by atoms with Crippen LogP contribution in [0.4, 0.5) is 0 Å². The largest absolute Gasteiger partial charge is 0.440 e. The number of oxazole rings is 2. The number of amides is 1. The molecule has 0 fully saturated rings. The van der Waals surface area contributed by atoms with E-state index in [0.29, 0.717) is 18.4 Å². The fraction of sp³-hybridized carbons (Fsp3) is 0.463. The Balaban J connectivity index is -0.000000287. The van der Waals surface area contributed by atoms with E-state index in [0.717, 1.165) is 40.1 Å². The van der Waals surface area contributed by atoms with Gasteiger partial charge in [0, 0.05) is 60.8 Å². The monoisotopic (exact) mass is 693 g/mol. The second-order valence-corrected chi connectivity index (χ2v) is 10.1. The summed E-state index contributed by atoms with van der Waals surface area (Å²) in [5.41, 5.74) is 2.86. The van der Waals surface area contributed by atoms with Crippen molar-refractivity contribution in [1.29, 1.82) is 0 Å². The molecule has 0 spiro atoms. The summed E-state index contributed by atoms with van der Waals surface area (Å²) in [6.45, 7) is 24.5. The summed E-state index contributed by atoms with van der Waals surface area (Å²) in [5.74, 6) is 3.79.